The molecular formula is C31H46N2O3. The molecule has 36 heavy (non-hydrogen) atoms. The molecule has 1 atom stereocenters. The molecule has 5 nitrogen and oxygen atoms in total. The van der Waals surface area contributed by atoms with Gasteiger partial charge >= 0.3 is 0 Å². The lowest BCUT2D eigenvalue weighted by atomic mass is 9.92. The number of amides is 2. The van der Waals surface area contributed by atoms with E-state index >= 15 is 0 Å². The zero-order valence-corrected chi connectivity index (χ0v) is 23.6. The smallest absolute Gasteiger partial charge is 0.255 e. The third kappa shape index (κ3) is 7.59. The van der Waals surface area contributed by atoms with Crippen LogP contribution >= 0.6 is 0 Å². The molecule has 0 unspecified atom stereocenters. The predicted molar refractivity (Wildman–Crippen MR) is 152 cm³/mol. The summed E-state index contributed by atoms with van der Waals surface area (Å²) < 4.78 is 5.71. The number of methoxy groups -OCH3 is 1. The van der Waals surface area contributed by atoms with E-state index in [9.17, 15) is 9.59 Å². The van der Waals surface area contributed by atoms with Crippen LogP contribution in [0.15, 0.2) is 36.4 Å². The number of fused-ring (bicyclic) bond motifs is 1. The third-order valence-electron chi connectivity index (χ3n) is 6.73. The van der Waals surface area contributed by atoms with Crippen molar-refractivity contribution in [1.82, 2.24) is 9.80 Å². The fourth-order valence-electron chi connectivity index (χ4n) is 4.84. The maximum atomic E-state index is 14.1. The standard InChI is InChI=1S/C31H46N2O3/c1-9-10-11-12-14-24(21-28(34)32(6)7)17-18-26-20-19-25-15-13-16-27(36-8)29(25)30(26)31(35)33(22(2)3)23(4)5/h13,15-20,22-24H,9-12,14,21H2,1-8H3/b18-17+/t24-/m1/s1. The minimum absolute atomic E-state index is 0.00128. The molecule has 5 heteroatoms. The van der Waals surface area contributed by atoms with Crippen LogP contribution in [0.25, 0.3) is 16.8 Å². The van der Waals surface area contributed by atoms with Crippen LogP contribution in [0.3, 0.4) is 0 Å². The number of carbonyl (C=O) groups is 2. The lowest BCUT2D eigenvalue weighted by Crippen LogP contribution is -2.42. The molecule has 2 aromatic rings. The van der Waals surface area contributed by atoms with Gasteiger partial charge in [0.15, 0.2) is 0 Å². The molecule has 198 valence electrons. The van der Waals surface area contributed by atoms with E-state index in [0.717, 1.165) is 29.2 Å². The molecule has 0 aliphatic carbocycles. The summed E-state index contributed by atoms with van der Waals surface area (Å²) >= 11 is 0. The molecule has 0 aromatic heterocycles. The highest BCUT2D eigenvalue weighted by molar-refractivity contribution is 6.12. The molecule has 0 radical (unpaired) electrons. The molecular weight excluding hydrogens is 448 g/mol. The average Bonchev–Trinajstić information content (AvgIpc) is 2.83. The Labute approximate surface area is 218 Å². The molecule has 0 saturated heterocycles. The second-order valence-electron chi connectivity index (χ2n) is 10.4. The van der Waals surface area contributed by atoms with E-state index in [1.807, 2.05) is 41.3 Å². The van der Waals surface area contributed by atoms with E-state index in [0.29, 0.717) is 17.7 Å². The van der Waals surface area contributed by atoms with Crippen LogP contribution in [0.4, 0.5) is 0 Å². The molecule has 2 aromatic carbocycles. The maximum absolute atomic E-state index is 14.1. The average molecular weight is 495 g/mol. The lowest BCUT2D eigenvalue weighted by molar-refractivity contribution is -0.129. The Morgan fingerprint density at radius 3 is 2.25 bits per heavy atom. The molecule has 2 rings (SSSR count). The topological polar surface area (TPSA) is 49.9 Å². The normalized spacial score (nSPS) is 12.5. The Morgan fingerprint density at radius 1 is 0.972 bits per heavy atom. The Morgan fingerprint density at radius 2 is 1.67 bits per heavy atom. The van der Waals surface area contributed by atoms with Gasteiger partial charge in [-0.25, -0.2) is 0 Å². The van der Waals surface area contributed by atoms with Gasteiger partial charge in [-0.15, -0.1) is 0 Å². The Hall–Kier alpha value is -2.82. The van der Waals surface area contributed by atoms with Gasteiger partial charge in [-0.1, -0.05) is 69.0 Å². The van der Waals surface area contributed by atoms with Gasteiger partial charge in [-0.05, 0) is 57.0 Å². The second kappa shape index (κ2) is 14.1. The first-order valence-corrected chi connectivity index (χ1v) is 13.4. The highest BCUT2D eigenvalue weighted by Crippen LogP contribution is 2.34. The highest BCUT2D eigenvalue weighted by atomic mass is 16.5. The van der Waals surface area contributed by atoms with Crippen molar-refractivity contribution >= 4 is 28.7 Å². The van der Waals surface area contributed by atoms with E-state index in [2.05, 4.69) is 40.7 Å². The predicted octanol–water partition coefficient (Wildman–Crippen LogP) is 7.19. The van der Waals surface area contributed by atoms with Crippen molar-refractivity contribution in [3.05, 3.63) is 47.5 Å². The van der Waals surface area contributed by atoms with Crippen LogP contribution in [-0.4, -0.2) is 54.9 Å². The molecule has 0 heterocycles. The lowest BCUT2D eigenvalue weighted by Gasteiger charge is -2.32. The largest absolute Gasteiger partial charge is 0.496 e. The summed E-state index contributed by atoms with van der Waals surface area (Å²) in [6, 6.07) is 10.1. The van der Waals surface area contributed by atoms with Gasteiger partial charge in [0.1, 0.15) is 5.75 Å². The van der Waals surface area contributed by atoms with Crippen molar-refractivity contribution in [1.29, 1.82) is 0 Å². The second-order valence-corrected chi connectivity index (χ2v) is 10.4. The third-order valence-corrected chi connectivity index (χ3v) is 6.73. The van der Waals surface area contributed by atoms with Gasteiger partial charge in [0.2, 0.25) is 5.91 Å². The molecule has 0 bridgehead atoms. The van der Waals surface area contributed by atoms with Crippen molar-refractivity contribution in [2.45, 2.75) is 85.2 Å². The van der Waals surface area contributed by atoms with Crippen LogP contribution in [0, 0.1) is 5.92 Å². The summed E-state index contributed by atoms with van der Waals surface area (Å²) in [5, 5.41) is 1.81. The van der Waals surface area contributed by atoms with Crippen molar-refractivity contribution in [3.8, 4) is 5.75 Å². The zero-order valence-electron chi connectivity index (χ0n) is 23.6. The number of unbranched alkanes of at least 4 members (excludes halogenated alkanes) is 3. The van der Waals surface area contributed by atoms with Crippen molar-refractivity contribution in [3.63, 3.8) is 0 Å². The fourth-order valence-corrected chi connectivity index (χ4v) is 4.84. The number of ether oxygens (including phenoxy) is 1. The minimum Gasteiger partial charge on any atom is -0.496 e. The Balaban J connectivity index is 2.59. The summed E-state index contributed by atoms with van der Waals surface area (Å²) in [5.74, 6) is 0.942. The first-order valence-electron chi connectivity index (χ1n) is 13.4. The molecule has 0 saturated carbocycles. The summed E-state index contributed by atoms with van der Waals surface area (Å²) in [5.41, 5.74) is 1.52. The first-order chi connectivity index (χ1) is 17.1. The highest BCUT2D eigenvalue weighted by Gasteiger charge is 2.26. The summed E-state index contributed by atoms with van der Waals surface area (Å²) in [7, 11) is 5.26. The van der Waals surface area contributed by atoms with Gasteiger partial charge in [0.25, 0.3) is 5.91 Å². The molecule has 2 amide bonds. The maximum Gasteiger partial charge on any atom is 0.255 e. The number of allylic oxidation sites excluding steroid dienone is 1. The van der Waals surface area contributed by atoms with E-state index < -0.39 is 0 Å². The monoisotopic (exact) mass is 494 g/mol. The summed E-state index contributed by atoms with van der Waals surface area (Å²) in [4.78, 5) is 30.2. The molecule has 0 aliphatic heterocycles. The van der Waals surface area contributed by atoms with E-state index in [4.69, 9.17) is 4.74 Å². The van der Waals surface area contributed by atoms with Crippen LogP contribution in [0.2, 0.25) is 0 Å². The molecule has 0 aliphatic rings. The van der Waals surface area contributed by atoms with Crippen LogP contribution in [0.1, 0.15) is 89.1 Å². The summed E-state index contributed by atoms with van der Waals surface area (Å²) in [6.07, 6.45) is 10.3. The SMILES string of the molecule is CCCCCC[C@H](/C=C/c1ccc2cccc(OC)c2c1C(=O)N(C(C)C)C(C)C)CC(=O)N(C)C. The number of benzene rings is 2. The van der Waals surface area contributed by atoms with Crippen LogP contribution in [0.5, 0.6) is 5.75 Å². The van der Waals surface area contributed by atoms with Gasteiger partial charge in [-0.3, -0.25) is 9.59 Å². The van der Waals surface area contributed by atoms with Crippen molar-refractivity contribution in [2.75, 3.05) is 21.2 Å². The number of hydrogen-bond donors (Lipinski definition) is 0. The zero-order chi connectivity index (χ0) is 26.8. The number of nitrogens with zero attached hydrogens (tertiary/aromatic N) is 2. The van der Waals surface area contributed by atoms with Crippen molar-refractivity contribution < 1.29 is 14.3 Å². The van der Waals surface area contributed by atoms with Crippen LogP contribution in [-0.2, 0) is 4.79 Å². The molecule has 0 N–H and O–H groups in total. The Bertz CT molecular complexity index is 1030. The quantitative estimate of drug-likeness (QED) is 0.277. The van der Waals surface area contributed by atoms with Crippen LogP contribution < -0.4 is 4.74 Å². The number of rotatable bonds is 13. The fraction of sp³-hybridized carbons (Fsp3) is 0.548. The van der Waals surface area contributed by atoms with Gasteiger partial charge < -0.3 is 14.5 Å². The van der Waals surface area contributed by atoms with Gasteiger partial charge in [0.05, 0.1) is 12.7 Å². The van der Waals surface area contributed by atoms with Gasteiger partial charge in [0, 0.05) is 38.0 Å². The van der Waals surface area contributed by atoms with E-state index in [-0.39, 0.29) is 29.8 Å². The van der Waals surface area contributed by atoms with E-state index in [1.165, 1.54) is 19.3 Å². The molecule has 0 fully saturated rings. The number of carbonyl (C=O) groups excluding carboxylic acids is 2. The Kier molecular flexibility index (Phi) is 11.5. The minimum atomic E-state index is -0.00128. The van der Waals surface area contributed by atoms with Gasteiger partial charge in [-0.2, -0.15) is 0 Å². The molecule has 0 spiro atoms. The first kappa shape index (κ1) is 29.4. The van der Waals surface area contributed by atoms with Crippen molar-refractivity contribution in [2.24, 2.45) is 5.92 Å². The van der Waals surface area contributed by atoms with E-state index in [1.54, 1.807) is 26.1 Å². The number of hydrogen-bond acceptors (Lipinski definition) is 3. The summed E-state index contributed by atoms with van der Waals surface area (Å²) in [6.45, 7) is 10.4.